The van der Waals surface area contributed by atoms with E-state index in [1.165, 1.54) is 15.6 Å². The van der Waals surface area contributed by atoms with Crippen LogP contribution in [0.4, 0.5) is 0 Å². The van der Waals surface area contributed by atoms with Crippen molar-refractivity contribution in [1.82, 2.24) is 0 Å². The fourth-order valence-corrected chi connectivity index (χ4v) is 7.93. The van der Waals surface area contributed by atoms with Crippen molar-refractivity contribution >= 4 is 29.6 Å². The third kappa shape index (κ3) is 5.25. The van der Waals surface area contributed by atoms with E-state index in [2.05, 4.69) is 109 Å². The average molecular weight is 413 g/mol. The van der Waals surface area contributed by atoms with Gasteiger partial charge in [0.05, 0.1) is 6.61 Å². The smallest absolute Gasteiger partial charge is 0.306 e. The maximum absolute atomic E-state index is 12.0. The molecule has 0 aliphatic carbocycles. The summed E-state index contributed by atoms with van der Waals surface area (Å²) in [5.41, 5.74) is 2.37. The Morgan fingerprint density at radius 2 is 1.23 bits per heavy atom. The summed E-state index contributed by atoms with van der Waals surface area (Å²) >= 11 is 0. The summed E-state index contributed by atoms with van der Waals surface area (Å²) in [5, 5.41) is 3.98. The van der Waals surface area contributed by atoms with Crippen molar-refractivity contribution < 1.29 is 9.53 Å². The SMILES string of the molecule is C=CCCOC(=O)CC/C=C\[Si](c1ccccc1)(c1ccccc1)c1ccccc1. The van der Waals surface area contributed by atoms with E-state index < -0.39 is 8.07 Å². The van der Waals surface area contributed by atoms with Crippen molar-refractivity contribution in [2.75, 3.05) is 6.61 Å². The van der Waals surface area contributed by atoms with E-state index >= 15 is 0 Å². The molecule has 30 heavy (non-hydrogen) atoms. The minimum absolute atomic E-state index is 0.159. The lowest BCUT2D eigenvalue weighted by Crippen LogP contribution is -2.66. The number of hydrogen-bond donors (Lipinski definition) is 0. The highest BCUT2D eigenvalue weighted by atomic mass is 28.3. The number of hydrogen-bond acceptors (Lipinski definition) is 2. The van der Waals surface area contributed by atoms with Crippen LogP contribution in [0.15, 0.2) is 115 Å². The lowest BCUT2D eigenvalue weighted by atomic mass is 10.3. The second-order valence-electron chi connectivity index (χ2n) is 7.14. The first-order valence-electron chi connectivity index (χ1n) is 10.4. The molecule has 0 fully saturated rings. The Balaban J connectivity index is 1.95. The second-order valence-corrected chi connectivity index (χ2v) is 10.8. The van der Waals surface area contributed by atoms with Gasteiger partial charge in [-0.15, -0.1) is 6.58 Å². The number of carbonyl (C=O) groups is 1. The molecule has 0 heterocycles. The topological polar surface area (TPSA) is 26.3 Å². The van der Waals surface area contributed by atoms with E-state index in [1.807, 2.05) is 0 Å². The van der Waals surface area contributed by atoms with Crippen molar-refractivity contribution in [1.29, 1.82) is 0 Å². The normalized spacial score (nSPS) is 11.3. The minimum Gasteiger partial charge on any atom is -0.465 e. The second kappa shape index (κ2) is 11.1. The van der Waals surface area contributed by atoms with Crippen LogP contribution >= 0.6 is 0 Å². The molecule has 0 aliphatic heterocycles. The third-order valence-electron chi connectivity index (χ3n) is 5.16. The van der Waals surface area contributed by atoms with Gasteiger partial charge in [0.15, 0.2) is 8.07 Å². The van der Waals surface area contributed by atoms with Gasteiger partial charge in [-0.1, -0.05) is 109 Å². The van der Waals surface area contributed by atoms with E-state index in [1.54, 1.807) is 6.08 Å². The number of carbonyl (C=O) groups excluding carboxylic acids is 1. The first-order chi connectivity index (χ1) is 14.8. The summed E-state index contributed by atoms with van der Waals surface area (Å²) in [5.74, 6) is -0.159. The van der Waals surface area contributed by atoms with Crippen LogP contribution in [0.5, 0.6) is 0 Å². The molecular weight excluding hydrogens is 384 g/mol. The van der Waals surface area contributed by atoms with Gasteiger partial charge in [0, 0.05) is 6.42 Å². The third-order valence-corrected chi connectivity index (χ3v) is 9.62. The lowest BCUT2D eigenvalue weighted by molar-refractivity contribution is -0.143. The number of benzene rings is 3. The zero-order valence-electron chi connectivity index (χ0n) is 17.2. The molecule has 3 aromatic rings. The summed E-state index contributed by atoms with van der Waals surface area (Å²) in [6.45, 7) is 4.05. The predicted molar refractivity (Wildman–Crippen MR) is 128 cm³/mol. The summed E-state index contributed by atoms with van der Waals surface area (Å²) in [7, 11) is -2.37. The van der Waals surface area contributed by atoms with Gasteiger partial charge in [-0.05, 0) is 28.4 Å². The van der Waals surface area contributed by atoms with Crippen LogP contribution in [0, 0.1) is 0 Å². The zero-order valence-corrected chi connectivity index (χ0v) is 18.2. The minimum atomic E-state index is -2.37. The van der Waals surface area contributed by atoms with Crippen LogP contribution < -0.4 is 15.6 Å². The van der Waals surface area contributed by atoms with Gasteiger partial charge in [-0.2, -0.15) is 0 Å². The lowest BCUT2D eigenvalue weighted by Gasteiger charge is -2.30. The molecule has 0 saturated carbocycles. The van der Waals surface area contributed by atoms with Gasteiger partial charge < -0.3 is 4.74 Å². The van der Waals surface area contributed by atoms with Crippen LogP contribution in [-0.2, 0) is 9.53 Å². The maximum Gasteiger partial charge on any atom is 0.306 e. The highest BCUT2D eigenvalue weighted by molar-refractivity contribution is 7.14. The Bertz CT molecular complexity index is 853. The fraction of sp³-hybridized carbons (Fsp3) is 0.148. The van der Waals surface area contributed by atoms with Crippen LogP contribution in [0.25, 0.3) is 0 Å². The van der Waals surface area contributed by atoms with E-state index in [0.29, 0.717) is 25.9 Å². The molecule has 0 bridgehead atoms. The first kappa shape index (κ1) is 21.5. The summed E-state index contributed by atoms with van der Waals surface area (Å²) < 4.78 is 5.24. The first-order valence-corrected chi connectivity index (χ1v) is 12.5. The van der Waals surface area contributed by atoms with Gasteiger partial charge >= 0.3 is 5.97 Å². The molecule has 0 radical (unpaired) electrons. The summed E-state index contributed by atoms with van der Waals surface area (Å²) in [4.78, 5) is 12.0. The molecule has 0 aliphatic rings. The van der Waals surface area contributed by atoms with Gasteiger partial charge in [0.25, 0.3) is 0 Å². The van der Waals surface area contributed by atoms with Crippen molar-refractivity contribution in [3.8, 4) is 0 Å². The van der Waals surface area contributed by atoms with Crippen molar-refractivity contribution in [2.45, 2.75) is 19.3 Å². The Labute approximate surface area is 180 Å². The van der Waals surface area contributed by atoms with Crippen LogP contribution in [0.1, 0.15) is 19.3 Å². The Hall–Kier alpha value is -3.17. The molecule has 0 unspecified atom stereocenters. The van der Waals surface area contributed by atoms with Gasteiger partial charge in [-0.3, -0.25) is 4.79 Å². The van der Waals surface area contributed by atoms with Gasteiger partial charge in [-0.25, -0.2) is 0 Å². The van der Waals surface area contributed by atoms with E-state index in [4.69, 9.17) is 4.74 Å². The molecule has 3 rings (SSSR count). The summed E-state index contributed by atoms with van der Waals surface area (Å²) in [6, 6.07) is 32.1. The average Bonchev–Trinajstić information content (AvgIpc) is 2.81. The van der Waals surface area contributed by atoms with Crippen LogP contribution in [0.2, 0.25) is 0 Å². The zero-order chi connectivity index (χ0) is 21.1. The molecular formula is C27H28O2Si. The molecule has 0 atom stereocenters. The summed E-state index contributed by atoms with van der Waals surface area (Å²) in [6.07, 6.45) is 5.65. The fourth-order valence-electron chi connectivity index (χ4n) is 3.68. The van der Waals surface area contributed by atoms with Crippen LogP contribution in [0.3, 0.4) is 0 Å². The largest absolute Gasteiger partial charge is 0.465 e. The number of ether oxygens (including phenoxy) is 1. The highest BCUT2D eigenvalue weighted by Crippen LogP contribution is 2.11. The predicted octanol–water partition coefficient (Wildman–Crippen LogP) is 4.15. The van der Waals surface area contributed by atoms with E-state index in [0.717, 1.165) is 0 Å². The molecule has 2 nitrogen and oxygen atoms in total. The molecule has 0 spiro atoms. The van der Waals surface area contributed by atoms with Crippen molar-refractivity contribution in [3.63, 3.8) is 0 Å². The molecule has 3 heteroatoms. The number of rotatable bonds is 10. The standard InChI is InChI=1S/C27H28O2Si/c1-2-3-22-29-27(28)21-13-14-23-30(24-15-7-4-8-16-24,25-17-9-5-10-18-25)26-19-11-6-12-20-26/h2,4-12,14-20,23H,1,3,13,21-22H2/b23-14-. The van der Waals surface area contributed by atoms with Gasteiger partial charge in [0.1, 0.15) is 0 Å². The quantitative estimate of drug-likeness (QED) is 0.164. The molecule has 0 saturated heterocycles. The highest BCUT2D eigenvalue weighted by Gasteiger charge is 2.36. The van der Waals surface area contributed by atoms with Crippen molar-refractivity contribution in [2.24, 2.45) is 0 Å². The molecule has 0 amide bonds. The Morgan fingerprint density at radius 1 is 0.767 bits per heavy atom. The maximum atomic E-state index is 12.0. The molecule has 152 valence electrons. The number of allylic oxidation sites excluding steroid dienone is 1. The molecule has 3 aromatic carbocycles. The molecule has 0 N–H and O–H groups in total. The Kier molecular flexibility index (Phi) is 7.99. The van der Waals surface area contributed by atoms with E-state index in [-0.39, 0.29) is 5.97 Å². The molecule has 0 aromatic heterocycles. The Morgan fingerprint density at radius 3 is 1.67 bits per heavy atom. The monoisotopic (exact) mass is 412 g/mol. The van der Waals surface area contributed by atoms with Crippen molar-refractivity contribution in [3.05, 3.63) is 115 Å². The van der Waals surface area contributed by atoms with E-state index in [9.17, 15) is 4.79 Å². The van der Waals surface area contributed by atoms with Crippen LogP contribution in [-0.4, -0.2) is 20.7 Å². The number of esters is 1. The van der Waals surface area contributed by atoms with Gasteiger partial charge in [0.2, 0.25) is 0 Å².